The molecule has 0 radical (unpaired) electrons. The molecule has 0 aliphatic carbocycles. The van der Waals surface area contributed by atoms with Crippen LogP contribution in [0.5, 0.6) is 0 Å². The number of nitrogens with one attached hydrogen (secondary N) is 2. The van der Waals surface area contributed by atoms with E-state index in [1.54, 1.807) is 6.07 Å². The predicted molar refractivity (Wildman–Crippen MR) is 72.6 cm³/mol. The molecule has 0 aliphatic heterocycles. The molecule has 0 saturated heterocycles. The average Bonchev–Trinajstić information content (AvgIpc) is 2.36. The van der Waals surface area contributed by atoms with Crippen LogP contribution in [0.4, 0.5) is 0 Å². The van der Waals surface area contributed by atoms with Gasteiger partial charge in [0.1, 0.15) is 5.15 Å². The molecule has 1 aromatic rings. The van der Waals surface area contributed by atoms with Crippen molar-refractivity contribution in [3.8, 4) is 0 Å². The monoisotopic (exact) mass is 333 g/mol. The Morgan fingerprint density at radius 1 is 1.44 bits per heavy atom. The molecule has 98 valence electrons. The number of hydrogen-bond acceptors (Lipinski definition) is 3. The molecule has 2 amide bonds. The number of amides is 2. The summed E-state index contributed by atoms with van der Waals surface area (Å²) in [7, 11) is 0. The highest BCUT2D eigenvalue weighted by Gasteiger charge is 2.12. The fourth-order valence-electron chi connectivity index (χ4n) is 1.16. The molecule has 0 bridgehead atoms. The van der Waals surface area contributed by atoms with Crippen molar-refractivity contribution in [3.63, 3.8) is 0 Å². The Labute approximate surface area is 118 Å². The van der Waals surface area contributed by atoms with Gasteiger partial charge >= 0.3 is 0 Å². The van der Waals surface area contributed by atoms with Crippen molar-refractivity contribution in [2.75, 3.05) is 13.1 Å². The Bertz CT molecular complexity index is 454. The van der Waals surface area contributed by atoms with Crippen molar-refractivity contribution in [2.45, 2.75) is 13.3 Å². The number of nitrogens with zero attached hydrogens (tertiary/aromatic N) is 1. The highest BCUT2D eigenvalue weighted by atomic mass is 79.9. The number of carbonyl (C=O) groups excluding carboxylic acids is 2. The van der Waals surface area contributed by atoms with Gasteiger partial charge in [-0.2, -0.15) is 0 Å². The largest absolute Gasteiger partial charge is 0.355 e. The van der Waals surface area contributed by atoms with Crippen LogP contribution in [0.2, 0.25) is 5.15 Å². The summed E-state index contributed by atoms with van der Waals surface area (Å²) in [6.07, 6.45) is 2.34. The van der Waals surface area contributed by atoms with E-state index in [0.29, 0.717) is 11.0 Å². The minimum Gasteiger partial charge on any atom is -0.355 e. The zero-order chi connectivity index (χ0) is 13.5. The highest BCUT2D eigenvalue weighted by molar-refractivity contribution is 9.10. The maximum Gasteiger partial charge on any atom is 0.254 e. The second-order valence-corrected chi connectivity index (χ2v) is 4.80. The van der Waals surface area contributed by atoms with E-state index < -0.39 is 5.91 Å². The zero-order valence-electron chi connectivity index (χ0n) is 9.80. The van der Waals surface area contributed by atoms with Crippen molar-refractivity contribution >= 4 is 39.3 Å². The van der Waals surface area contributed by atoms with Gasteiger partial charge in [-0.15, -0.1) is 0 Å². The van der Waals surface area contributed by atoms with Gasteiger partial charge in [-0.1, -0.05) is 18.5 Å². The average molecular weight is 335 g/mol. The van der Waals surface area contributed by atoms with Crippen LogP contribution in [0, 0.1) is 0 Å². The SMILES string of the molecule is CCCNC(=O)CNC(=O)c1cc(Br)cnc1Cl. The molecule has 0 unspecified atom stereocenters. The zero-order valence-corrected chi connectivity index (χ0v) is 12.1. The molecule has 0 saturated carbocycles. The normalized spacial score (nSPS) is 9.94. The van der Waals surface area contributed by atoms with Gasteiger partial charge in [-0.25, -0.2) is 4.98 Å². The fraction of sp³-hybridized carbons (Fsp3) is 0.364. The number of hydrogen-bond donors (Lipinski definition) is 2. The van der Waals surface area contributed by atoms with Crippen LogP contribution < -0.4 is 10.6 Å². The molecule has 18 heavy (non-hydrogen) atoms. The maximum absolute atomic E-state index is 11.8. The minimum atomic E-state index is -0.430. The lowest BCUT2D eigenvalue weighted by atomic mass is 10.2. The third kappa shape index (κ3) is 4.62. The van der Waals surface area contributed by atoms with Crippen LogP contribution in [0.15, 0.2) is 16.7 Å². The maximum atomic E-state index is 11.8. The first-order chi connectivity index (χ1) is 8.54. The summed E-state index contributed by atoms with van der Waals surface area (Å²) in [5, 5.41) is 5.23. The van der Waals surface area contributed by atoms with E-state index in [1.165, 1.54) is 6.20 Å². The van der Waals surface area contributed by atoms with Gasteiger partial charge in [0.25, 0.3) is 5.91 Å². The standard InChI is InChI=1S/C11H13BrClN3O2/c1-2-3-14-9(17)6-16-11(18)8-4-7(12)5-15-10(8)13/h4-5H,2-3,6H2,1H3,(H,14,17)(H,16,18). The molecule has 2 N–H and O–H groups in total. The van der Waals surface area contributed by atoms with Gasteiger partial charge in [0.15, 0.2) is 0 Å². The predicted octanol–water partition coefficient (Wildman–Crippen LogP) is 1.75. The van der Waals surface area contributed by atoms with Gasteiger partial charge in [-0.05, 0) is 28.4 Å². The van der Waals surface area contributed by atoms with Crippen molar-refractivity contribution < 1.29 is 9.59 Å². The third-order valence-electron chi connectivity index (χ3n) is 2.03. The van der Waals surface area contributed by atoms with Crippen LogP contribution in [-0.2, 0) is 4.79 Å². The molecule has 5 nitrogen and oxygen atoms in total. The van der Waals surface area contributed by atoms with Gasteiger partial charge < -0.3 is 10.6 Å². The second-order valence-electron chi connectivity index (χ2n) is 3.52. The van der Waals surface area contributed by atoms with Crippen LogP contribution in [0.1, 0.15) is 23.7 Å². The summed E-state index contributed by atoms with van der Waals surface area (Å²) >= 11 is 9.00. The molecule has 7 heteroatoms. The quantitative estimate of drug-likeness (QED) is 0.806. The van der Waals surface area contributed by atoms with E-state index in [4.69, 9.17) is 11.6 Å². The lowest BCUT2D eigenvalue weighted by Crippen LogP contribution is -2.37. The van der Waals surface area contributed by atoms with E-state index >= 15 is 0 Å². The van der Waals surface area contributed by atoms with Gasteiger partial charge in [-0.3, -0.25) is 9.59 Å². The van der Waals surface area contributed by atoms with E-state index in [1.807, 2.05) is 6.92 Å². The highest BCUT2D eigenvalue weighted by Crippen LogP contribution is 2.17. The molecule has 0 atom stereocenters. The minimum absolute atomic E-state index is 0.0817. The van der Waals surface area contributed by atoms with Crippen molar-refractivity contribution in [1.29, 1.82) is 0 Å². The van der Waals surface area contributed by atoms with Crippen LogP contribution >= 0.6 is 27.5 Å². The molecular weight excluding hydrogens is 321 g/mol. The Balaban J connectivity index is 2.55. The van der Waals surface area contributed by atoms with E-state index in [-0.39, 0.29) is 23.2 Å². The first-order valence-corrected chi connectivity index (χ1v) is 6.57. The fourth-order valence-corrected chi connectivity index (χ4v) is 1.68. The summed E-state index contributed by atoms with van der Waals surface area (Å²) < 4.78 is 0.646. The number of halogens is 2. The molecule has 1 aromatic heterocycles. The van der Waals surface area contributed by atoms with Crippen LogP contribution in [0.3, 0.4) is 0 Å². The topological polar surface area (TPSA) is 71.1 Å². The Hall–Kier alpha value is -1.14. The molecule has 0 spiro atoms. The number of carbonyl (C=O) groups is 2. The molecule has 0 aromatic carbocycles. The summed E-state index contributed by atoms with van der Waals surface area (Å²) in [4.78, 5) is 26.9. The molecule has 1 rings (SSSR count). The number of aromatic nitrogens is 1. The number of rotatable bonds is 5. The van der Waals surface area contributed by atoms with Crippen molar-refractivity contribution in [1.82, 2.24) is 15.6 Å². The van der Waals surface area contributed by atoms with Gasteiger partial charge in [0.05, 0.1) is 12.1 Å². The first kappa shape index (κ1) is 14.9. The summed E-state index contributed by atoms with van der Waals surface area (Å²) in [5.74, 6) is -0.662. The second kappa shape index (κ2) is 7.33. The third-order valence-corrected chi connectivity index (χ3v) is 2.77. The smallest absolute Gasteiger partial charge is 0.254 e. The Morgan fingerprint density at radius 2 is 2.17 bits per heavy atom. The lowest BCUT2D eigenvalue weighted by Gasteiger charge is -2.07. The first-order valence-electron chi connectivity index (χ1n) is 5.40. The summed E-state index contributed by atoms with van der Waals surface area (Å²) in [6.45, 7) is 2.46. The lowest BCUT2D eigenvalue weighted by molar-refractivity contribution is -0.120. The van der Waals surface area contributed by atoms with E-state index in [2.05, 4.69) is 31.5 Å². The van der Waals surface area contributed by atoms with Crippen LogP contribution in [0.25, 0.3) is 0 Å². The molecule has 0 aliphatic rings. The van der Waals surface area contributed by atoms with E-state index in [0.717, 1.165) is 6.42 Å². The van der Waals surface area contributed by atoms with E-state index in [9.17, 15) is 9.59 Å². The van der Waals surface area contributed by atoms with Crippen LogP contribution in [-0.4, -0.2) is 29.9 Å². The summed E-state index contributed by atoms with van der Waals surface area (Å²) in [6, 6.07) is 1.55. The van der Waals surface area contributed by atoms with Gasteiger partial charge in [0.2, 0.25) is 5.91 Å². The van der Waals surface area contributed by atoms with Crippen molar-refractivity contribution in [2.24, 2.45) is 0 Å². The number of pyridine rings is 1. The molecule has 0 fully saturated rings. The summed E-state index contributed by atoms with van der Waals surface area (Å²) in [5.41, 5.74) is 0.231. The van der Waals surface area contributed by atoms with Gasteiger partial charge in [0, 0.05) is 17.2 Å². The Morgan fingerprint density at radius 3 is 2.83 bits per heavy atom. The molecule has 1 heterocycles. The van der Waals surface area contributed by atoms with Crippen molar-refractivity contribution in [3.05, 3.63) is 27.5 Å². The molecular formula is C11H13BrClN3O2. The Kier molecular flexibility index (Phi) is 6.07.